The van der Waals surface area contributed by atoms with Crippen molar-refractivity contribution in [3.63, 3.8) is 0 Å². The van der Waals surface area contributed by atoms with Crippen molar-refractivity contribution in [3.05, 3.63) is 10.1 Å². The van der Waals surface area contributed by atoms with E-state index < -0.39 is 11.2 Å². The molecule has 4 unspecified atom stereocenters. The van der Waals surface area contributed by atoms with Gasteiger partial charge in [-0.15, -0.1) is 10.2 Å². The van der Waals surface area contributed by atoms with Crippen molar-refractivity contribution in [2.75, 3.05) is 0 Å². The molecule has 6 N–H and O–H groups in total. The van der Waals surface area contributed by atoms with Gasteiger partial charge in [-0.25, -0.2) is 10.7 Å². The molecule has 0 saturated carbocycles. The standard InChI is InChI=1S/C5H13N9O2/c1-2-6-3-4-7-5(14(15)16)9-13(4)11-10-12(3)8-2/h2-11H,1H3. The van der Waals surface area contributed by atoms with Crippen LogP contribution in [0.25, 0.3) is 0 Å². The van der Waals surface area contributed by atoms with Crippen LogP contribution in [0.4, 0.5) is 0 Å². The Morgan fingerprint density at radius 3 is 2.44 bits per heavy atom. The molecule has 11 heteroatoms. The zero-order valence-corrected chi connectivity index (χ0v) is 8.47. The summed E-state index contributed by atoms with van der Waals surface area (Å²) in [4.78, 5) is 10.2. The highest BCUT2D eigenvalue weighted by atomic mass is 16.6. The van der Waals surface area contributed by atoms with E-state index in [9.17, 15) is 10.1 Å². The van der Waals surface area contributed by atoms with Gasteiger partial charge in [0.25, 0.3) is 0 Å². The van der Waals surface area contributed by atoms with E-state index in [-0.39, 0.29) is 18.5 Å². The number of nitrogens with one attached hydrogen (secondary N) is 6. The fraction of sp³-hybridized carbons (Fsp3) is 1.00. The predicted molar refractivity (Wildman–Crippen MR) is 50.3 cm³/mol. The van der Waals surface area contributed by atoms with Gasteiger partial charge in [0, 0.05) is 0 Å². The molecule has 0 radical (unpaired) electrons. The summed E-state index contributed by atoms with van der Waals surface area (Å²) in [6.45, 7) is 1.96. The molecule has 3 rings (SSSR count). The molecule has 0 amide bonds. The van der Waals surface area contributed by atoms with E-state index in [4.69, 9.17) is 0 Å². The molecule has 4 atom stereocenters. The first kappa shape index (κ1) is 10.2. The van der Waals surface area contributed by atoms with Crippen LogP contribution < -0.4 is 32.6 Å². The van der Waals surface area contributed by atoms with E-state index in [0.29, 0.717) is 0 Å². The zero-order chi connectivity index (χ0) is 11.3. The molecular weight excluding hydrogens is 218 g/mol. The molecular formula is C5H13N9O2. The van der Waals surface area contributed by atoms with E-state index in [1.54, 1.807) is 5.12 Å². The number of nitrogens with zero attached hydrogens (tertiary/aromatic N) is 3. The SMILES string of the molecule is CC1NC2C3NC([N+](=O)[O-])NN3NNN2N1. The van der Waals surface area contributed by atoms with Crippen molar-refractivity contribution in [2.45, 2.75) is 31.7 Å². The average Bonchev–Trinajstić information content (AvgIpc) is 2.77. The Hall–Kier alpha value is -0.920. The molecule has 0 aromatic rings. The van der Waals surface area contributed by atoms with E-state index in [2.05, 4.69) is 32.6 Å². The van der Waals surface area contributed by atoms with Gasteiger partial charge in [-0.3, -0.25) is 15.4 Å². The van der Waals surface area contributed by atoms with Crippen LogP contribution in [0.2, 0.25) is 0 Å². The Balaban J connectivity index is 1.75. The van der Waals surface area contributed by atoms with Gasteiger partial charge in [0.05, 0.1) is 11.1 Å². The molecule has 0 aliphatic carbocycles. The summed E-state index contributed by atoms with van der Waals surface area (Å²) in [6, 6.07) is 0. The van der Waals surface area contributed by atoms with Gasteiger partial charge in [-0.1, -0.05) is 0 Å². The lowest BCUT2D eigenvalue weighted by Crippen LogP contribution is -2.74. The molecule has 90 valence electrons. The van der Waals surface area contributed by atoms with E-state index in [1.807, 2.05) is 6.92 Å². The molecule has 0 spiro atoms. The summed E-state index contributed by atoms with van der Waals surface area (Å²) in [6.07, 6.45) is -1.27. The number of hydrazine groups is 5. The van der Waals surface area contributed by atoms with Crippen LogP contribution in [0.15, 0.2) is 0 Å². The van der Waals surface area contributed by atoms with Crippen molar-refractivity contribution in [1.29, 1.82) is 0 Å². The fourth-order valence-corrected chi connectivity index (χ4v) is 2.03. The normalized spacial score (nSPS) is 44.3. The Bertz CT molecular complexity index is 312. The minimum Gasteiger partial charge on any atom is -0.281 e. The van der Waals surface area contributed by atoms with Crippen molar-refractivity contribution in [2.24, 2.45) is 0 Å². The monoisotopic (exact) mass is 231 g/mol. The zero-order valence-electron chi connectivity index (χ0n) is 8.47. The molecule has 3 saturated heterocycles. The first-order valence-electron chi connectivity index (χ1n) is 4.93. The fourth-order valence-electron chi connectivity index (χ4n) is 2.03. The molecule has 16 heavy (non-hydrogen) atoms. The quantitative estimate of drug-likeness (QED) is 0.198. The lowest BCUT2D eigenvalue weighted by molar-refractivity contribution is -0.535. The summed E-state index contributed by atoms with van der Waals surface area (Å²) in [5.41, 5.74) is 11.4. The van der Waals surface area contributed by atoms with Crippen LogP contribution in [0.5, 0.6) is 0 Å². The van der Waals surface area contributed by atoms with Crippen molar-refractivity contribution in [3.8, 4) is 0 Å². The van der Waals surface area contributed by atoms with Crippen LogP contribution in [0, 0.1) is 10.1 Å². The minimum atomic E-state index is -0.989. The highest BCUT2D eigenvalue weighted by molar-refractivity contribution is 4.89. The first-order valence-corrected chi connectivity index (χ1v) is 4.93. The second-order valence-electron chi connectivity index (χ2n) is 3.85. The third-order valence-corrected chi connectivity index (χ3v) is 2.70. The molecule has 3 heterocycles. The highest BCUT2D eigenvalue weighted by Crippen LogP contribution is 2.14. The Kier molecular flexibility index (Phi) is 2.27. The smallest absolute Gasteiger partial charge is 0.281 e. The number of hydrogen-bond acceptors (Lipinski definition) is 10. The molecule has 0 aromatic heterocycles. The van der Waals surface area contributed by atoms with Crippen LogP contribution in [0.1, 0.15) is 6.92 Å². The summed E-state index contributed by atoms with van der Waals surface area (Å²) in [5.74, 6) is 0. The topological polar surface area (TPSA) is 122 Å². The van der Waals surface area contributed by atoms with Crippen LogP contribution >= 0.6 is 0 Å². The van der Waals surface area contributed by atoms with E-state index in [0.717, 1.165) is 0 Å². The van der Waals surface area contributed by atoms with Crippen molar-refractivity contribution >= 4 is 0 Å². The van der Waals surface area contributed by atoms with E-state index in [1.165, 1.54) is 5.12 Å². The Morgan fingerprint density at radius 1 is 1.12 bits per heavy atom. The Labute approximate surface area is 90.5 Å². The number of fused-ring (bicyclic) bond motifs is 3. The highest BCUT2D eigenvalue weighted by Gasteiger charge is 2.49. The van der Waals surface area contributed by atoms with Gasteiger partial charge in [0.1, 0.15) is 12.3 Å². The predicted octanol–water partition coefficient (Wildman–Crippen LogP) is -3.70. The minimum absolute atomic E-state index is 0.0932. The number of rotatable bonds is 1. The molecule has 0 aromatic carbocycles. The van der Waals surface area contributed by atoms with Crippen LogP contribution in [0.3, 0.4) is 0 Å². The second-order valence-corrected chi connectivity index (χ2v) is 3.85. The number of nitro groups is 1. The van der Waals surface area contributed by atoms with Gasteiger partial charge < -0.3 is 0 Å². The second kappa shape index (κ2) is 3.54. The molecule has 0 bridgehead atoms. The van der Waals surface area contributed by atoms with Crippen LogP contribution in [-0.2, 0) is 0 Å². The van der Waals surface area contributed by atoms with Crippen LogP contribution in [-0.4, -0.2) is 39.9 Å². The maximum absolute atomic E-state index is 10.7. The number of hydrogen-bond donors (Lipinski definition) is 6. The van der Waals surface area contributed by atoms with E-state index >= 15 is 0 Å². The lowest BCUT2D eigenvalue weighted by Gasteiger charge is -2.38. The lowest BCUT2D eigenvalue weighted by atomic mass is 10.4. The summed E-state index contributed by atoms with van der Waals surface area (Å²) < 4.78 is 0. The summed E-state index contributed by atoms with van der Waals surface area (Å²) >= 11 is 0. The van der Waals surface area contributed by atoms with Crippen molar-refractivity contribution < 1.29 is 4.92 Å². The van der Waals surface area contributed by atoms with Gasteiger partial charge in [-0.2, -0.15) is 16.5 Å². The third kappa shape index (κ3) is 1.47. The summed E-state index contributed by atoms with van der Waals surface area (Å²) in [5, 5.41) is 20.0. The van der Waals surface area contributed by atoms with Gasteiger partial charge in [0.15, 0.2) is 0 Å². The molecule has 3 fully saturated rings. The molecule has 3 aliphatic rings. The largest absolute Gasteiger partial charge is 0.338 e. The maximum atomic E-state index is 10.7. The maximum Gasteiger partial charge on any atom is 0.338 e. The average molecular weight is 231 g/mol. The first-order chi connectivity index (χ1) is 7.65. The van der Waals surface area contributed by atoms with Crippen molar-refractivity contribution in [1.82, 2.24) is 42.8 Å². The van der Waals surface area contributed by atoms with Gasteiger partial charge in [-0.05, 0) is 6.92 Å². The van der Waals surface area contributed by atoms with Gasteiger partial charge >= 0.3 is 6.29 Å². The molecule has 3 aliphatic heterocycles. The third-order valence-electron chi connectivity index (χ3n) is 2.70. The molecule has 11 nitrogen and oxygen atoms in total. The van der Waals surface area contributed by atoms with Gasteiger partial charge in [0.2, 0.25) is 0 Å². The summed E-state index contributed by atoms with van der Waals surface area (Å²) in [7, 11) is 0. The Morgan fingerprint density at radius 2 is 1.75 bits per heavy atom.